The largest absolute Gasteiger partial charge is 0.493 e. The smallest absolute Gasteiger partial charge is 0.205 e. The number of carbonyl (C=O) groups is 1. The number of methoxy groups -OCH3 is 2. The molecule has 1 aromatic heterocycles. The number of aromatic nitrogens is 1. The van der Waals surface area contributed by atoms with Gasteiger partial charge in [0.1, 0.15) is 11.6 Å². The molecule has 0 aliphatic heterocycles. The molecule has 0 fully saturated rings. The van der Waals surface area contributed by atoms with Crippen LogP contribution in [0.5, 0.6) is 11.5 Å². The predicted octanol–water partition coefficient (Wildman–Crippen LogP) is 4.54. The Morgan fingerprint density at radius 2 is 1.96 bits per heavy atom. The molecule has 0 amide bonds. The molecular formula is C22H20N2O3. The highest BCUT2D eigenvalue weighted by Gasteiger charge is 2.19. The van der Waals surface area contributed by atoms with Crippen molar-refractivity contribution in [2.45, 2.75) is 13.3 Å². The molecule has 136 valence electrons. The average molecular weight is 360 g/mol. The number of rotatable bonds is 6. The summed E-state index contributed by atoms with van der Waals surface area (Å²) in [6.45, 7) is 2.06. The van der Waals surface area contributed by atoms with Crippen molar-refractivity contribution in [2.24, 2.45) is 0 Å². The minimum atomic E-state index is -0.332. The van der Waals surface area contributed by atoms with E-state index in [2.05, 4.69) is 11.9 Å². The van der Waals surface area contributed by atoms with Gasteiger partial charge in [-0.25, -0.2) is 0 Å². The first-order valence-electron chi connectivity index (χ1n) is 8.61. The summed E-state index contributed by atoms with van der Waals surface area (Å²) in [5.74, 6) is 0.685. The second-order valence-corrected chi connectivity index (χ2v) is 5.98. The van der Waals surface area contributed by atoms with E-state index in [4.69, 9.17) is 9.47 Å². The first-order chi connectivity index (χ1) is 13.1. The lowest BCUT2D eigenvalue weighted by molar-refractivity contribution is 0.104. The lowest BCUT2D eigenvalue weighted by atomic mass is 9.99. The minimum absolute atomic E-state index is 0.0318. The van der Waals surface area contributed by atoms with Gasteiger partial charge in [0.05, 0.1) is 14.2 Å². The third-order valence-corrected chi connectivity index (χ3v) is 4.53. The quantitative estimate of drug-likeness (QED) is 0.398. The zero-order chi connectivity index (χ0) is 19.4. The van der Waals surface area contributed by atoms with Crippen molar-refractivity contribution in [1.29, 1.82) is 5.26 Å². The number of Topliss-reactive ketones (excluding diaryl/α,β-unsaturated/α-hetero) is 1. The van der Waals surface area contributed by atoms with Crippen molar-refractivity contribution in [1.82, 2.24) is 4.98 Å². The summed E-state index contributed by atoms with van der Waals surface area (Å²) in [5.41, 5.74) is 3.18. The fourth-order valence-corrected chi connectivity index (χ4v) is 3.17. The standard InChI is InChI=1S/C22H20N2O3/c1-4-14-7-5-9-17-18(13-24-20(14)17)21(25)16(12-23)11-15-8-6-10-19(26-2)22(15)27-3/h5-11,13,24H,4H2,1-3H3/b16-11+. The number of allylic oxidation sites excluding steroid dienone is 1. The number of nitrogens with zero attached hydrogens (tertiary/aromatic N) is 1. The number of hydrogen-bond donors (Lipinski definition) is 1. The summed E-state index contributed by atoms with van der Waals surface area (Å²) in [7, 11) is 3.06. The van der Waals surface area contributed by atoms with Gasteiger partial charge in [-0.2, -0.15) is 5.26 Å². The monoisotopic (exact) mass is 360 g/mol. The Labute approximate surface area is 157 Å². The summed E-state index contributed by atoms with van der Waals surface area (Å²) < 4.78 is 10.7. The van der Waals surface area contributed by atoms with Gasteiger partial charge < -0.3 is 14.5 Å². The van der Waals surface area contributed by atoms with E-state index in [1.165, 1.54) is 13.2 Å². The lowest BCUT2D eigenvalue weighted by Crippen LogP contribution is -2.02. The molecule has 0 atom stereocenters. The van der Waals surface area contributed by atoms with Crippen LogP contribution in [0.4, 0.5) is 0 Å². The van der Waals surface area contributed by atoms with E-state index in [1.54, 1.807) is 31.5 Å². The highest BCUT2D eigenvalue weighted by atomic mass is 16.5. The highest BCUT2D eigenvalue weighted by molar-refractivity contribution is 6.20. The van der Waals surface area contributed by atoms with Crippen molar-refractivity contribution in [3.8, 4) is 17.6 Å². The number of nitrogens with one attached hydrogen (secondary N) is 1. The topological polar surface area (TPSA) is 75.1 Å². The Morgan fingerprint density at radius 3 is 2.63 bits per heavy atom. The third-order valence-electron chi connectivity index (χ3n) is 4.53. The molecule has 3 rings (SSSR count). The van der Waals surface area contributed by atoms with Crippen LogP contribution in [0.2, 0.25) is 0 Å². The van der Waals surface area contributed by atoms with Gasteiger partial charge >= 0.3 is 0 Å². The molecule has 0 unspecified atom stereocenters. The second-order valence-electron chi connectivity index (χ2n) is 5.98. The Kier molecular flexibility index (Phi) is 5.28. The van der Waals surface area contributed by atoms with Crippen LogP contribution in [-0.4, -0.2) is 25.0 Å². The van der Waals surface area contributed by atoms with Crippen molar-refractivity contribution in [3.05, 3.63) is 64.9 Å². The van der Waals surface area contributed by atoms with Crippen molar-refractivity contribution in [2.75, 3.05) is 14.2 Å². The fourth-order valence-electron chi connectivity index (χ4n) is 3.17. The number of hydrogen-bond acceptors (Lipinski definition) is 4. The Hall–Kier alpha value is -3.52. The van der Waals surface area contributed by atoms with Crippen LogP contribution in [0.25, 0.3) is 17.0 Å². The second kappa shape index (κ2) is 7.79. The molecule has 0 bridgehead atoms. The molecule has 0 saturated carbocycles. The molecule has 2 aromatic carbocycles. The maximum absolute atomic E-state index is 13.0. The van der Waals surface area contributed by atoms with Gasteiger partial charge in [-0.1, -0.05) is 37.3 Å². The van der Waals surface area contributed by atoms with Crippen LogP contribution < -0.4 is 9.47 Å². The summed E-state index contributed by atoms with van der Waals surface area (Å²) in [5, 5.41) is 10.4. The summed E-state index contributed by atoms with van der Waals surface area (Å²) >= 11 is 0. The minimum Gasteiger partial charge on any atom is -0.493 e. The van der Waals surface area contributed by atoms with E-state index in [0.717, 1.165) is 22.9 Å². The zero-order valence-corrected chi connectivity index (χ0v) is 15.5. The van der Waals surface area contributed by atoms with Crippen LogP contribution in [0.1, 0.15) is 28.4 Å². The summed E-state index contributed by atoms with van der Waals surface area (Å²) in [6.07, 6.45) is 4.06. The van der Waals surface area contributed by atoms with E-state index in [1.807, 2.05) is 24.3 Å². The Morgan fingerprint density at radius 1 is 1.19 bits per heavy atom. The van der Waals surface area contributed by atoms with Gasteiger partial charge in [0.15, 0.2) is 11.5 Å². The first-order valence-corrected chi connectivity index (χ1v) is 8.61. The van der Waals surface area contributed by atoms with Gasteiger partial charge in [0, 0.05) is 28.2 Å². The number of ether oxygens (including phenoxy) is 2. The molecule has 0 radical (unpaired) electrons. The van der Waals surface area contributed by atoms with Gasteiger partial charge in [-0.05, 0) is 24.1 Å². The maximum atomic E-state index is 13.0. The van der Waals surface area contributed by atoms with E-state index < -0.39 is 0 Å². The Balaban J connectivity index is 2.09. The molecule has 3 aromatic rings. The van der Waals surface area contributed by atoms with E-state index in [9.17, 15) is 10.1 Å². The number of nitriles is 1. The number of aryl methyl sites for hydroxylation is 1. The normalized spacial score (nSPS) is 11.3. The molecule has 27 heavy (non-hydrogen) atoms. The number of carbonyl (C=O) groups excluding carboxylic acids is 1. The van der Waals surface area contributed by atoms with Crippen molar-refractivity contribution < 1.29 is 14.3 Å². The first kappa shape index (κ1) is 18.3. The predicted molar refractivity (Wildman–Crippen MR) is 105 cm³/mol. The zero-order valence-electron chi connectivity index (χ0n) is 15.5. The van der Waals surface area contributed by atoms with E-state index >= 15 is 0 Å². The third kappa shape index (κ3) is 3.30. The summed E-state index contributed by atoms with van der Waals surface area (Å²) in [6, 6.07) is 13.2. The maximum Gasteiger partial charge on any atom is 0.205 e. The number of ketones is 1. The molecule has 1 heterocycles. The van der Waals surface area contributed by atoms with Gasteiger partial charge in [-0.3, -0.25) is 4.79 Å². The van der Waals surface area contributed by atoms with Crippen LogP contribution in [0, 0.1) is 11.3 Å². The van der Waals surface area contributed by atoms with E-state index in [-0.39, 0.29) is 11.4 Å². The number of H-pyrrole nitrogens is 1. The van der Waals surface area contributed by atoms with Crippen molar-refractivity contribution in [3.63, 3.8) is 0 Å². The molecule has 0 saturated heterocycles. The molecule has 5 nitrogen and oxygen atoms in total. The number of benzene rings is 2. The molecule has 0 aliphatic carbocycles. The Bertz CT molecular complexity index is 1070. The lowest BCUT2D eigenvalue weighted by Gasteiger charge is -2.10. The van der Waals surface area contributed by atoms with Crippen LogP contribution in [-0.2, 0) is 6.42 Å². The number of para-hydroxylation sites is 2. The molecule has 1 N–H and O–H groups in total. The number of fused-ring (bicyclic) bond motifs is 1. The molecule has 0 aliphatic rings. The fraction of sp³-hybridized carbons (Fsp3) is 0.182. The van der Waals surface area contributed by atoms with Crippen LogP contribution in [0.3, 0.4) is 0 Å². The average Bonchev–Trinajstić information content (AvgIpc) is 3.15. The molecule has 0 spiro atoms. The van der Waals surface area contributed by atoms with Crippen molar-refractivity contribution >= 4 is 22.8 Å². The summed E-state index contributed by atoms with van der Waals surface area (Å²) in [4.78, 5) is 16.2. The van der Waals surface area contributed by atoms with Gasteiger partial charge in [0.2, 0.25) is 5.78 Å². The van der Waals surface area contributed by atoms with Crippen LogP contribution in [0.15, 0.2) is 48.2 Å². The number of aromatic amines is 1. The molecule has 5 heteroatoms. The van der Waals surface area contributed by atoms with Crippen LogP contribution >= 0.6 is 0 Å². The SMILES string of the molecule is CCc1cccc2c(C(=O)/C(C#N)=C/c3cccc(OC)c3OC)c[nH]c12. The van der Waals surface area contributed by atoms with Gasteiger partial charge in [0.25, 0.3) is 0 Å². The van der Waals surface area contributed by atoms with E-state index in [0.29, 0.717) is 22.6 Å². The molecular weight excluding hydrogens is 340 g/mol. The highest BCUT2D eigenvalue weighted by Crippen LogP contribution is 2.33. The van der Waals surface area contributed by atoms with Gasteiger partial charge in [-0.15, -0.1) is 0 Å².